The number of β-amino-alcohol motifs (C(OH)–C–C–N with tert-alkyl or cyclic N) is 1. The number of rotatable bonds is 4. The molecule has 1 N–H and O–H groups in total. The van der Waals surface area contributed by atoms with Gasteiger partial charge in [0.1, 0.15) is 0 Å². The first kappa shape index (κ1) is 14.0. The van der Waals surface area contributed by atoms with E-state index in [0.29, 0.717) is 0 Å². The van der Waals surface area contributed by atoms with Gasteiger partial charge in [0.2, 0.25) is 0 Å². The quantitative estimate of drug-likeness (QED) is 0.831. The van der Waals surface area contributed by atoms with E-state index in [1.807, 2.05) is 19.1 Å². The molecule has 1 saturated heterocycles. The molecule has 0 aromatic heterocycles. The van der Waals surface area contributed by atoms with Gasteiger partial charge in [-0.15, -0.1) is 0 Å². The summed E-state index contributed by atoms with van der Waals surface area (Å²) in [7, 11) is 0. The zero-order chi connectivity index (χ0) is 13.7. The summed E-state index contributed by atoms with van der Waals surface area (Å²) in [5, 5.41) is 9.00. The predicted octanol–water partition coefficient (Wildman–Crippen LogP) is 1.31. The van der Waals surface area contributed by atoms with Crippen molar-refractivity contribution >= 4 is 12.0 Å². The zero-order valence-electron chi connectivity index (χ0n) is 11.5. The largest absolute Gasteiger partial charge is 0.395 e. The van der Waals surface area contributed by atoms with E-state index in [1.165, 1.54) is 0 Å². The normalized spacial score (nSPS) is 17.3. The van der Waals surface area contributed by atoms with Crippen LogP contribution in [0.15, 0.2) is 18.2 Å². The van der Waals surface area contributed by atoms with Gasteiger partial charge in [-0.3, -0.25) is 9.69 Å². The monoisotopic (exact) mass is 262 g/mol. The number of aliphatic hydroxyl groups is 1. The number of carbonyl (C=O) groups is 1. The van der Waals surface area contributed by atoms with Crippen LogP contribution >= 0.6 is 0 Å². The van der Waals surface area contributed by atoms with Gasteiger partial charge in [0, 0.05) is 37.4 Å². The number of nitrogens with zero attached hydrogens (tertiary/aromatic N) is 2. The van der Waals surface area contributed by atoms with Crippen LogP contribution in [0, 0.1) is 6.92 Å². The Kier molecular flexibility index (Phi) is 4.93. The highest BCUT2D eigenvalue weighted by molar-refractivity contribution is 5.85. The average Bonchev–Trinajstić information content (AvgIpc) is 2.65. The molecule has 1 aromatic rings. The molecule has 1 aliphatic heterocycles. The summed E-state index contributed by atoms with van der Waals surface area (Å²) < 4.78 is 0. The van der Waals surface area contributed by atoms with Crippen LogP contribution in [0.3, 0.4) is 0 Å². The summed E-state index contributed by atoms with van der Waals surface area (Å²) in [6, 6.07) is 6.04. The third-order valence-electron chi connectivity index (χ3n) is 3.66. The van der Waals surface area contributed by atoms with Crippen LogP contribution < -0.4 is 4.90 Å². The number of hydrogen-bond donors (Lipinski definition) is 1. The number of anilines is 1. The van der Waals surface area contributed by atoms with E-state index in [9.17, 15) is 4.79 Å². The van der Waals surface area contributed by atoms with E-state index in [2.05, 4.69) is 15.9 Å². The maximum Gasteiger partial charge on any atom is 0.152 e. The van der Waals surface area contributed by atoms with Gasteiger partial charge < -0.3 is 10.0 Å². The fraction of sp³-hybridized carbons (Fsp3) is 0.533. The number of aliphatic hydroxyl groups excluding tert-OH is 1. The van der Waals surface area contributed by atoms with Crippen molar-refractivity contribution in [2.24, 2.45) is 0 Å². The number of aldehydes is 1. The lowest BCUT2D eigenvalue weighted by atomic mass is 10.1. The van der Waals surface area contributed by atoms with Crippen LogP contribution in [0.25, 0.3) is 0 Å². The highest BCUT2D eigenvalue weighted by Crippen LogP contribution is 2.22. The first-order valence-corrected chi connectivity index (χ1v) is 6.88. The van der Waals surface area contributed by atoms with Crippen molar-refractivity contribution < 1.29 is 9.90 Å². The Hall–Kier alpha value is -1.39. The van der Waals surface area contributed by atoms with Crippen LogP contribution in [-0.4, -0.2) is 55.6 Å². The molecule has 0 spiro atoms. The maximum absolute atomic E-state index is 11.2. The van der Waals surface area contributed by atoms with Gasteiger partial charge in [0.25, 0.3) is 0 Å². The lowest BCUT2D eigenvalue weighted by Crippen LogP contribution is -2.32. The summed E-state index contributed by atoms with van der Waals surface area (Å²) in [4.78, 5) is 15.8. The van der Waals surface area contributed by atoms with Gasteiger partial charge in [0.15, 0.2) is 6.29 Å². The average molecular weight is 262 g/mol. The minimum Gasteiger partial charge on any atom is -0.395 e. The summed E-state index contributed by atoms with van der Waals surface area (Å²) in [6.45, 7) is 6.77. The van der Waals surface area contributed by atoms with Crippen molar-refractivity contribution in [3.05, 3.63) is 29.3 Å². The van der Waals surface area contributed by atoms with Gasteiger partial charge in [-0.2, -0.15) is 0 Å². The number of carbonyl (C=O) groups excluding carboxylic acids is 1. The second-order valence-electron chi connectivity index (χ2n) is 5.09. The fourth-order valence-corrected chi connectivity index (χ4v) is 2.63. The first-order valence-electron chi connectivity index (χ1n) is 6.88. The van der Waals surface area contributed by atoms with Gasteiger partial charge in [-0.1, -0.05) is 11.6 Å². The number of aryl methyl sites for hydroxylation is 1. The summed E-state index contributed by atoms with van der Waals surface area (Å²) in [5.74, 6) is 0. The molecule has 4 heteroatoms. The molecular weight excluding hydrogens is 240 g/mol. The van der Waals surface area contributed by atoms with Crippen LogP contribution in [0.2, 0.25) is 0 Å². The van der Waals surface area contributed by atoms with Gasteiger partial charge in [0.05, 0.1) is 6.61 Å². The zero-order valence-corrected chi connectivity index (χ0v) is 11.5. The summed E-state index contributed by atoms with van der Waals surface area (Å²) >= 11 is 0. The minimum absolute atomic E-state index is 0.212. The molecule has 0 bridgehead atoms. The van der Waals surface area contributed by atoms with Crippen LogP contribution in [0.1, 0.15) is 22.3 Å². The Morgan fingerprint density at radius 1 is 1.26 bits per heavy atom. The Balaban J connectivity index is 2.11. The highest BCUT2D eigenvalue weighted by atomic mass is 16.3. The third kappa shape index (κ3) is 3.55. The SMILES string of the molecule is Cc1ccc(N2CCCN(CCO)CC2)c(C=O)c1. The standard InChI is InChI=1S/C15H22N2O2/c1-13-3-4-15(14(11-13)12-19)17-6-2-5-16(7-8-17)9-10-18/h3-4,11-12,18H,2,5-10H2,1H3. The molecule has 1 heterocycles. The van der Waals surface area contributed by atoms with Crippen molar-refractivity contribution in [2.45, 2.75) is 13.3 Å². The van der Waals surface area contributed by atoms with Crippen molar-refractivity contribution in [3.8, 4) is 0 Å². The molecule has 1 aliphatic rings. The first-order chi connectivity index (χ1) is 9.24. The molecule has 0 atom stereocenters. The van der Waals surface area contributed by atoms with Crippen molar-refractivity contribution in [2.75, 3.05) is 44.2 Å². The van der Waals surface area contributed by atoms with Crippen LogP contribution in [0.4, 0.5) is 5.69 Å². The fourth-order valence-electron chi connectivity index (χ4n) is 2.63. The molecule has 104 valence electrons. The predicted molar refractivity (Wildman–Crippen MR) is 76.9 cm³/mol. The number of hydrogen-bond acceptors (Lipinski definition) is 4. The molecule has 1 aromatic carbocycles. The molecule has 19 heavy (non-hydrogen) atoms. The molecule has 1 fully saturated rings. The van der Waals surface area contributed by atoms with Crippen molar-refractivity contribution in [1.29, 1.82) is 0 Å². The van der Waals surface area contributed by atoms with E-state index >= 15 is 0 Å². The third-order valence-corrected chi connectivity index (χ3v) is 3.66. The van der Waals surface area contributed by atoms with Gasteiger partial charge >= 0.3 is 0 Å². The van der Waals surface area contributed by atoms with E-state index in [0.717, 1.165) is 62.2 Å². The van der Waals surface area contributed by atoms with E-state index in [-0.39, 0.29) is 6.61 Å². The lowest BCUT2D eigenvalue weighted by molar-refractivity contribution is 0.112. The molecular formula is C15H22N2O2. The topological polar surface area (TPSA) is 43.8 Å². The molecule has 2 rings (SSSR count). The Labute approximate surface area is 114 Å². The van der Waals surface area contributed by atoms with E-state index in [4.69, 9.17) is 5.11 Å². The second-order valence-corrected chi connectivity index (χ2v) is 5.09. The molecule has 4 nitrogen and oxygen atoms in total. The Bertz CT molecular complexity index is 434. The molecule has 0 saturated carbocycles. The molecule has 0 amide bonds. The van der Waals surface area contributed by atoms with Crippen molar-refractivity contribution in [3.63, 3.8) is 0 Å². The minimum atomic E-state index is 0.212. The highest BCUT2D eigenvalue weighted by Gasteiger charge is 2.16. The summed E-state index contributed by atoms with van der Waals surface area (Å²) in [5.41, 5.74) is 2.92. The van der Waals surface area contributed by atoms with Gasteiger partial charge in [-0.25, -0.2) is 0 Å². The van der Waals surface area contributed by atoms with Gasteiger partial charge in [-0.05, 0) is 32.0 Å². The van der Waals surface area contributed by atoms with Crippen molar-refractivity contribution in [1.82, 2.24) is 4.90 Å². The molecule has 0 radical (unpaired) electrons. The smallest absolute Gasteiger partial charge is 0.152 e. The second kappa shape index (κ2) is 6.68. The van der Waals surface area contributed by atoms with E-state index in [1.54, 1.807) is 0 Å². The maximum atomic E-state index is 11.2. The Morgan fingerprint density at radius 2 is 2.11 bits per heavy atom. The van der Waals surface area contributed by atoms with Crippen LogP contribution in [-0.2, 0) is 0 Å². The van der Waals surface area contributed by atoms with Crippen LogP contribution in [0.5, 0.6) is 0 Å². The van der Waals surface area contributed by atoms with E-state index < -0.39 is 0 Å². The Morgan fingerprint density at radius 3 is 2.84 bits per heavy atom. The molecule has 0 aliphatic carbocycles. The number of benzene rings is 1. The lowest BCUT2D eigenvalue weighted by Gasteiger charge is -2.25. The molecule has 0 unspecified atom stereocenters. The summed E-state index contributed by atoms with van der Waals surface area (Å²) in [6.07, 6.45) is 2.00.